The van der Waals surface area contributed by atoms with E-state index in [1.54, 1.807) is 17.7 Å². The monoisotopic (exact) mass is 463 g/mol. The Morgan fingerprint density at radius 3 is 2.50 bits per heavy atom. The first-order valence-electron chi connectivity index (χ1n) is 12.3. The molecule has 1 aromatic heterocycles. The Kier molecular flexibility index (Phi) is 8.99. The van der Waals surface area contributed by atoms with Gasteiger partial charge in [0.15, 0.2) is 0 Å². The van der Waals surface area contributed by atoms with Crippen molar-refractivity contribution in [3.8, 4) is 5.69 Å². The first-order valence-corrected chi connectivity index (χ1v) is 12.3. The molecule has 1 amide bonds. The van der Waals surface area contributed by atoms with Crippen LogP contribution in [0.1, 0.15) is 63.9 Å². The molecule has 2 aromatic carbocycles. The molecule has 0 saturated heterocycles. The number of benzene rings is 2. The number of rotatable bonds is 11. The zero-order chi connectivity index (χ0) is 24.7. The van der Waals surface area contributed by atoms with Gasteiger partial charge < -0.3 is 9.64 Å². The lowest BCUT2D eigenvalue weighted by Crippen LogP contribution is -2.42. The van der Waals surface area contributed by atoms with Gasteiger partial charge in [-0.3, -0.25) is 14.2 Å². The fourth-order valence-electron chi connectivity index (χ4n) is 4.49. The third-order valence-corrected chi connectivity index (χ3v) is 6.57. The smallest absolute Gasteiger partial charge is 0.266 e. The lowest BCUT2D eigenvalue weighted by Gasteiger charge is -2.33. The third-order valence-electron chi connectivity index (χ3n) is 6.57. The lowest BCUT2D eigenvalue weighted by atomic mass is 9.97. The minimum absolute atomic E-state index is 0.0571. The fraction of sp³-hybridized carbons (Fsp3) is 0.464. The van der Waals surface area contributed by atoms with Crippen LogP contribution < -0.4 is 5.56 Å². The van der Waals surface area contributed by atoms with E-state index >= 15 is 0 Å². The highest BCUT2D eigenvalue weighted by molar-refractivity contribution is 5.80. The van der Waals surface area contributed by atoms with E-state index in [1.165, 1.54) is 0 Å². The topological polar surface area (TPSA) is 64.4 Å². The van der Waals surface area contributed by atoms with Crippen LogP contribution >= 0.6 is 0 Å². The molecular weight excluding hydrogens is 426 g/mol. The lowest BCUT2D eigenvalue weighted by molar-refractivity contribution is -0.139. The van der Waals surface area contributed by atoms with Crippen LogP contribution in [0.25, 0.3) is 16.6 Å². The molecule has 34 heavy (non-hydrogen) atoms. The average molecular weight is 464 g/mol. The highest BCUT2D eigenvalue weighted by Crippen LogP contribution is 2.27. The molecular formula is C28H37N3O3. The van der Waals surface area contributed by atoms with Gasteiger partial charge in [-0.05, 0) is 50.5 Å². The zero-order valence-electron chi connectivity index (χ0n) is 21.1. The van der Waals surface area contributed by atoms with Gasteiger partial charge in [0.2, 0.25) is 5.91 Å². The second-order valence-corrected chi connectivity index (χ2v) is 8.86. The van der Waals surface area contributed by atoms with Crippen molar-refractivity contribution in [1.29, 1.82) is 0 Å². The zero-order valence-corrected chi connectivity index (χ0v) is 21.1. The van der Waals surface area contributed by atoms with E-state index in [2.05, 4.69) is 13.8 Å². The molecule has 2 unspecified atom stereocenters. The van der Waals surface area contributed by atoms with Gasteiger partial charge in [-0.1, -0.05) is 57.0 Å². The molecule has 0 fully saturated rings. The van der Waals surface area contributed by atoms with E-state index in [0.717, 1.165) is 36.9 Å². The molecule has 3 rings (SSSR count). The first-order chi connectivity index (χ1) is 16.4. The number of carbonyl (C=O) groups is 1. The Morgan fingerprint density at radius 2 is 1.82 bits per heavy atom. The van der Waals surface area contributed by atoms with Crippen LogP contribution in [0.2, 0.25) is 0 Å². The van der Waals surface area contributed by atoms with Crippen molar-refractivity contribution in [1.82, 2.24) is 14.5 Å². The molecule has 3 aromatic rings. The minimum atomic E-state index is -0.407. The highest BCUT2D eigenvalue weighted by Gasteiger charge is 2.30. The summed E-state index contributed by atoms with van der Waals surface area (Å²) in [5, 5.41) is 0.561. The van der Waals surface area contributed by atoms with Crippen molar-refractivity contribution in [2.24, 2.45) is 5.92 Å². The van der Waals surface area contributed by atoms with Crippen molar-refractivity contribution < 1.29 is 9.53 Å². The molecule has 2 atom stereocenters. The van der Waals surface area contributed by atoms with E-state index in [1.807, 2.05) is 61.2 Å². The molecule has 0 saturated carbocycles. The van der Waals surface area contributed by atoms with Crippen molar-refractivity contribution in [2.75, 3.05) is 20.3 Å². The summed E-state index contributed by atoms with van der Waals surface area (Å²) in [5.74, 6) is 0.602. The summed E-state index contributed by atoms with van der Waals surface area (Å²) >= 11 is 0. The summed E-state index contributed by atoms with van der Waals surface area (Å²) in [6.45, 7) is 9.01. The predicted octanol–water partition coefficient (Wildman–Crippen LogP) is 5.45. The maximum Gasteiger partial charge on any atom is 0.266 e. The number of nitrogens with zero attached hydrogens (tertiary/aromatic N) is 3. The van der Waals surface area contributed by atoms with Gasteiger partial charge in [-0.15, -0.1) is 0 Å². The predicted molar refractivity (Wildman–Crippen MR) is 137 cm³/mol. The van der Waals surface area contributed by atoms with Crippen LogP contribution in [0.15, 0.2) is 53.3 Å². The first kappa shape index (κ1) is 25.6. The van der Waals surface area contributed by atoms with Crippen LogP contribution in [0.3, 0.4) is 0 Å². The van der Waals surface area contributed by atoms with Gasteiger partial charge in [-0.25, -0.2) is 4.98 Å². The molecule has 6 heteroatoms. The van der Waals surface area contributed by atoms with Crippen LogP contribution in [0, 0.1) is 12.8 Å². The van der Waals surface area contributed by atoms with E-state index < -0.39 is 6.04 Å². The third kappa shape index (κ3) is 5.39. The molecule has 6 nitrogen and oxygen atoms in total. The van der Waals surface area contributed by atoms with Crippen LogP contribution in [0.5, 0.6) is 0 Å². The Balaban J connectivity index is 2.19. The maximum absolute atomic E-state index is 13.7. The number of amides is 1. The van der Waals surface area contributed by atoms with E-state index in [9.17, 15) is 9.59 Å². The van der Waals surface area contributed by atoms with Gasteiger partial charge in [0, 0.05) is 19.6 Å². The highest BCUT2D eigenvalue weighted by atomic mass is 16.5. The molecule has 0 aliphatic rings. The van der Waals surface area contributed by atoms with Crippen molar-refractivity contribution in [3.63, 3.8) is 0 Å². The SMILES string of the molecule is CCCCC(CC)C(=O)N(CCOC)C(C)c1nc2ccccc2c(=O)n1-c1ccccc1C. The summed E-state index contributed by atoms with van der Waals surface area (Å²) in [6.07, 6.45) is 3.71. The molecule has 0 radical (unpaired) electrons. The number of hydrogen-bond acceptors (Lipinski definition) is 4. The molecule has 0 aliphatic heterocycles. The second-order valence-electron chi connectivity index (χ2n) is 8.86. The van der Waals surface area contributed by atoms with E-state index in [-0.39, 0.29) is 17.4 Å². The molecule has 0 bridgehead atoms. The summed E-state index contributed by atoms with van der Waals surface area (Å²) in [6, 6.07) is 14.8. The largest absolute Gasteiger partial charge is 0.383 e. The van der Waals surface area contributed by atoms with Crippen molar-refractivity contribution in [2.45, 2.75) is 59.4 Å². The van der Waals surface area contributed by atoms with E-state index in [0.29, 0.717) is 29.9 Å². The summed E-state index contributed by atoms with van der Waals surface area (Å²) < 4.78 is 7.03. The number of fused-ring (bicyclic) bond motifs is 1. The summed E-state index contributed by atoms with van der Waals surface area (Å²) in [7, 11) is 1.64. The molecule has 0 spiro atoms. The van der Waals surface area contributed by atoms with Gasteiger partial charge in [0.05, 0.1) is 29.2 Å². The second kappa shape index (κ2) is 11.9. The Hall–Kier alpha value is -2.99. The van der Waals surface area contributed by atoms with Gasteiger partial charge >= 0.3 is 0 Å². The number of aromatic nitrogens is 2. The molecule has 0 N–H and O–H groups in total. The van der Waals surface area contributed by atoms with Gasteiger partial charge in [0.1, 0.15) is 5.82 Å². The summed E-state index contributed by atoms with van der Waals surface area (Å²) in [4.78, 5) is 34.2. The molecule has 182 valence electrons. The summed E-state index contributed by atoms with van der Waals surface area (Å²) in [5.41, 5.74) is 2.26. The normalized spacial score (nSPS) is 13.1. The van der Waals surface area contributed by atoms with Crippen molar-refractivity contribution in [3.05, 3.63) is 70.3 Å². The average Bonchev–Trinajstić information content (AvgIpc) is 2.85. The fourth-order valence-corrected chi connectivity index (χ4v) is 4.49. The molecule has 1 heterocycles. The Labute approximate surface area is 202 Å². The number of methoxy groups -OCH3 is 1. The van der Waals surface area contributed by atoms with Crippen LogP contribution in [0.4, 0.5) is 0 Å². The minimum Gasteiger partial charge on any atom is -0.383 e. The van der Waals surface area contributed by atoms with Gasteiger partial charge in [-0.2, -0.15) is 0 Å². The van der Waals surface area contributed by atoms with Crippen molar-refractivity contribution >= 4 is 16.8 Å². The number of hydrogen-bond donors (Lipinski definition) is 0. The number of aryl methyl sites for hydroxylation is 1. The Morgan fingerprint density at radius 1 is 1.12 bits per heavy atom. The number of ether oxygens (including phenoxy) is 1. The van der Waals surface area contributed by atoms with Crippen LogP contribution in [-0.2, 0) is 9.53 Å². The van der Waals surface area contributed by atoms with E-state index in [4.69, 9.17) is 9.72 Å². The molecule has 0 aliphatic carbocycles. The van der Waals surface area contributed by atoms with Gasteiger partial charge in [0.25, 0.3) is 5.56 Å². The number of unbranched alkanes of at least 4 members (excludes halogenated alkanes) is 1. The number of para-hydroxylation sites is 2. The Bertz CT molecular complexity index is 1170. The standard InChI is InChI=1S/C28H37N3O3/c1-6-8-14-22(7-2)27(32)30(18-19-34-5)21(4)26-29-24-16-11-10-15-23(24)28(33)31(26)25-17-12-9-13-20(25)3/h9-13,15-17,21-22H,6-8,14,18-19H2,1-5H3. The van der Waals surface area contributed by atoms with Crippen LogP contribution in [-0.4, -0.2) is 40.6 Å². The number of carbonyl (C=O) groups excluding carboxylic acids is 1. The quantitative estimate of drug-likeness (QED) is 0.379. The maximum atomic E-state index is 13.7.